The first-order valence-electron chi connectivity index (χ1n) is 2.44. The van der Waals surface area contributed by atoms with E-state index in [4.69, 9.17) is 5.11 Å². The molecule has 0 aromatic carbocycles. The highest BCUT2D eigenvalue weighted by atomic mass is 16.4. The fraction of sp³-hybridized carbons (Fsp3) is 0.400. The molecule has 0 heterocycles. The molecule has 0 atom stereocenters. The summed E-state index contributed by atoms with van der Waals surface area (Å²) >= 11 is 0. The van der Waals surface area contributed by atoms with Crippen molar-refractivity contribution in [3.8, 4) is 0 Å². The summed E-state index contributed by atoms with van der Waals surface area (Å²) < 4.78 is 0. The number of ketones is 1. The molecule has 0 aliphatic heterocycles. The molecule has 5 heteroatoms. The molecule has 0 unspecified atom stereocenters. The molecule has 0 aromatic rings. The topological polar surface area (TPSA) is 83.8 Å². The van der Waals surface area contributed by atoms with E-state index >= 15 is 0 Å². The molecule has 0 aliphatic rings. The average molecular weight is 143 g/mol. The Kier molecular flexibility index (Phi) is 3.75. The number of hydrogen-bond acceptors (Lipinski definition) is 4. The summed E-state index contributed by atoms with van der Waals surface area (Å²) in [6.45, 7) is -0.393. The van der Waals surface area contributed by atoms with Crippen LogP contribution in [0.5, 0.6) is 0 Å². The van der Waals surface area contributed by atoms with Crippen molar-refractivity contribution < 1.29 is 19.5 Å². The predicted octanol–water partition coefficient (Wildman–Crippen LogP) is -0.634. The number of carboxylic acid groups (broad SMARTS) is 1. The third-order valence-corrected chi connectivity index (χ3v) is 0.668. The van der Waals surface area contributed by atoms with Crippen molar-refractivity contribution in [3.05, 3.63) is 0 Å². The maximum Gasteiger partial charge on any atom is 0.310 e. The Balaban J connectivity index is 3.64. The van der Waals surface area contributed by atoms with Crippen LogP contribution in [0, 0.1) is 0 Å². The minimum atomic E-state index is -1.22. The maximum atomic E-state index is 10.4. The van der Waals surface area contributed by atoms with Crippen molar-refractivity contribution in [1.82, 2.24) is 0 Å². The van der Waals surface area contributed by atoms with Crippen LogP contribution in [0.1, 0.15) is 6.42 Å². The van der Waals surface area contributed by atoms with E-state index in [0.717, 1.165) is 6.08 Å². The second-order valence-corrected chi connectivity index (χ2v) is 1.52. The van der Waals surface area contributed by atoms with Crippen molar-refractivity contribution in [2.75, 3.05) is 6.54 Å². The Labute approximate surface area is 56.4 Å². The van der Waals surface area contributed by atoms with Gasteiger partial charge < -0.3 is 5.11 Å². The van der Waals surface area contributed by atoms with Crippen LogP contribution in [-0.2, 0) is 14.4 Å². The molecular weight excluding hydrogens is 138 g/mol. The summed E-state index contributed by atoms with van der Waals surface area (Å²) in [5.74, 6) is -1.82. The van der Waals surface area contributed by atoms with E-state index in [1.165, 1.54) is 0 Å². The number of carboxylic acids is 1. The summed E-state index contributed by atoms with van der Waals surface area (Å²) in [5, 5.41) is 8.02. The molecule has 5 nitrogen and oxygen atoms in total. The summed E-state index contributed by atoms with van der Waals surface area (Å²) in [6.07, 6.45) is 0.541. The van der Waals surface area contributed by atoms with E-state index < -0.39 is 24.7 Å². The van der Waals surface area contributed by atoms with Crippen molar-refractivity contribution in [2.24, 2.45) is 4.99 Å². The van der Waals surface area contributed by atoms with Crippen LogP contribution in [0.4, 0.5) is 0 Å². The van der Waals surface area contributed by atoms with Gasteiger partial charge in [-0.05, 0) is 0 Å². The number of carbonyl (C=O) groups excluding carboxylic acids is 2. The Morgan fingerprint density at radius 3 is 2.50 bits per heavy atom. The molecule has 54 valence electrons. The molecule has 0 rings (SSSR count). The number of aliphatic imine (C=N–C) groups is 1. The van der Waals surface area contributed by atoms with Gasteiger partial charge >= 0.3 is 5.97 Å². The highest BCUT2D eigenvalue weighted by molar-refractivity contribution is 5.96. The molecule has 10 heavy (non-hydrogen) atoms. The van der Waals surface area contributed by atoms with Gasteiger partial charge in [0.25, 0.3) is 0 Å². The highest BCUT2D eigenvalue weighted by Gasteiger charge is 2.05. The SMILES string of the molecule is O=C=NCC(=O)CC(=O)O. The number of aliphatic carboxylic acids is 1. The van der Waals surface area contributed by atoms with Gasteiger partial charge in [-0.3, -0.25) is 9.59 Å². The van der Waals surface area contributed by atoms with E-state index in [1.807, 2.05) is 0 Å². The lowest BCUT2D eigenvalue weighted by molar-refractivity contribution is -0.139. The number of Topliss-reactive ketones (excluding diaryl/α,β-unsaturated/α-hetero) is 1. The number of hydrogen-bond donors (Lipinski definition) is 1. The molecule has 0 saturated carbocycles. The Bertz CT molecular complexity index is 186. The van der Waals surface area contributed by atoms with E-state index in [-0.39, 0.29) is 0 Å². The summed E-state index contributed by atoms with van der Waals surface area (Å²) in [6, 6.07) is 0. The smallest absolute Gasteiger partial charge is 0.310 e. The Morgan fingerprint density at radius 2 is 2.10 bits per heavy atom. The standard InChI is InChI=1S/C5H5NO4/c7-3-6-2-4(8)1-5(9)10/h1-2H2,(H,9,10). The fourth-order valence-electron chi connectivity index (χ4n) is 0.345. The summed E-state index contributed by atoms with van der Waals surface area (Å²) in [4.78, 5) is 32.5. The fourth-order valence-corrected chi connectivity index (χ4v) is 0.345. The van der Waals surface area contributed by atoms with Gasteiger partial charge in [0.05, 0.1) is 0 Å². The molecule has 0 fully saturated rings. The molecule has 0 aromatic heterocycles. The lowest BCUT2D eigenvalue weighted by atomic mass is 10.3. The van der Waals surface area contributed by atoms with Crippen LogP contribution in [0.15, 0.2) is 4.99 Å². The van der Waals surface area contributed by atoms with Gasteiger partial charge in [-0.2, -0.15) is 4.99 Å². The molecule has 0 aliphatic carbocycles. The molecule has 0 bridgehead atoms. The van der Waals surface area contributed by atoms with Gasteiger partial charge in [0.2, 0.25) is 6.08 Å². The number of carbonyl (C=O) groups is 2. The third-order valence-electron chi connectivity index (χ3n) is 0.668. The van der Waals surface area contributed by atoms with Crippen molar-refractivity contribution >= 4 is 17.8 Å². The zero-order valence-electron chi connectivity index (χ0n) is 5.03. The Morgan fingerprint density at radius 1 is 1.50 bits per heavy atom. The molecule has 0 amide bonds. The van der Waals surface area contributed by atoms with E-state index in [9.17, 15) is 14.4 Å². The molecule has 0 saturated heterocycles. The molecule has 0 radical (unpaired) electrons. The monoisotopic (exact) mass is 143 g/mol. The zero-order chi connectivity index (χ0) is 7.98. The predicted molar refractivity (Wildman–Crippen MR) is 30.2 cm³/mol. The largest absolute Gasteiger partial charge is 0.481 e. The van der Waals surface area contributed by atoms with Crippen LogP contribution in [0.25, 0.3) is 0 Å². The first-order valence-corrected chi connectivity index (χ1v) is 2.44. The van der Waals surface area contributed by atoms with Gasteiger partial charge in [-0.25, -0.2) is 4.79 Å². The van der Waals surface area contributed by atoms with Crippen LogP contribution in [-0.4, -0.2) is 29.5 Å². The van der Waals surface area contributed by atoms with Crippen molar-refractivity contribution in [1.29, 1.82) is 0 Å². The van der Waals surface area contributed by atoms with Crippen LogP contribution in [0.3, 0.4) is 0 Å². The van der Waals surface area contributed by atoms with Crippen LogP contribution >= 0.6 is 0 Å². The summed E-state index contributed by atoms with van der Waals surface area (Å²) in [5.41, 5.74) is 0. The van der Waals surface area contributed by atoms with E-state index in [1.54, 1.807) is 0 Å². The normalized spacial score (nSPS) is 8.00. The highest BCUT2D eigenvalue weighted by Crippen LogP contribution is 1.82. The quantitative estimate of drug-likeness (QED) is 0.322. The van der Waals surface area contributed by atoms with E-state index in [2.05, 4.69) is 4.99 Å². The van der Waals surface area contributed by atoms with Crippen molar-refractivity contribution in [2.45, 2.75) is 6.42 Å². The van der Waals surface area contributed by atoms with Gasteiger partial charge in [0, 0.05) is 0 Å². The number of rotatable bonds is 4. The molecular formula is C5H5NO4. The first kappa shape index (κ1) is 8.52. The Hall–Kier alpha value is -1.48. The number of nitrogens with zero attached hydrogens (tertiary/aromatic N) is 1. The van der Waals surface area contributed by atoms with Gasteiger partial charge in [-0.15, -0.1) is 0 Å². The second kappa shape index (κ2) is 4.40. The third kappa shape index (κ3) is 4.67. The van der Waals surface area contributed by atoms with Gasteiger partial charge in [0.15, 0.2) is 5.78 Å². The lowest BCUT2D eigenvalue weighted by Gasteiger charge is -1.86. The number of isocyanates is 1. The maximum absolute atomic E-state index is 10.4. The molecule has 0 spiro atoms. The van der Waals surface area contributed by atoms with Gasteiger partial charge in [-0.1, -0.05) is 0 Å². The summed E-state index contributed by atoms with van der Waals surface area (Å²) in [7, 11) is 0. The minimum Gasteiger partial charge on any atom is -0.481 e. The molecule has 1 N–H and O–H groups in total. The van der Waals surface area contributed by atoms with Crippen LogP contribution < -0.4 is 0 Å². The first-order chi connectivity index (χ1) is 4.66. The average Bonchev–Trinajstić information content (AvgIpc) is 1.82. The van der Waals surface area contributed by atoms with Gasteiger partial charge in [0.1, 0.15) is 13.0 Å². The van der Waals surface area contributed by atoms with Crippen LogP contribution in [0.2, 0.25) is 0 Å². The minimum absolute atomic E-state index is 0.393. The second-order valence-electron chi connectivity index (χ2n) is 1.52. The van der Waals surface area contributed by atoms with E-state index in [0.29, 0.717) is 0 Å². The zero-order valence-corrected chi connectivity index (χ0v) is 5.03. The lowest BCUT2D eigenvalue weighted by Crippen LogP contribution is -2.08. The van der Waals surface area contributed by atoms with Crippen molar-refractivity contribution in [3.63, 3.8) is 0 Å².